The number of ether oxygens (including phenoxy) is 1. The molecule has 18 heavy (non-hydrogen) atoms. The van der Waals surface area contributed by atoms with Crippen LogP contribution in [0.25, 0.3) is 0 Å². The van der Waals surface area contributed by atoms with Gasteiger partial charge in [0.05, 0.1) is 18.3 Å². The first-order valence-corrected chi connectivity index (χ1v) is 6.25. The molecule has 0 saturated carbocycles. The van der Waals surface area contributed by atoms with Gasteiger partial charge in [-0.3, -0.25) is 9.78 Å². The highest BCUT2D eigenvalue weighted by Crippen LogP contribution is 2.18. The summed E-state index contributed by atoms with van der Waals surface area (Å²) in [5, 5.41) is 2.85. The first-order valence-electron chi connectivity index (χ1n) is 6.25. The standard InChI is InChI=1S/C13H19N3O2/c1-9-3-2-4-10(16-9)8-15-13(17)12-6-5-11(7-14)18-12/h2-4,11-12H,5-8,14H2,1H3,(H,15,17). The average molecular weight is 249 g/mol. The van der Waals surface area contributed by atoms with E-state index in [-0.39, 0.29) is 18.1 Å². The Kier molecular flexibility index (Phi) is 4.28. The van der Waals surface area contributed by atoms with Crippen LogP contribution in [0.3, 0.4) is 0 Å². The van der Waals surface area contributed by atoms with Gasteiger partial charge >= 0.3 is 0 Å². The first kappa shape index (κ1) is 13.0. The van der Waals surface area contributed by atoms with Gasteiger partial charge in [0.25, 0.3) is 0 Å². The number of hydrogen-bond acceptors (Lipinski definition) is 4. The minimum absolute atomic E-state index is 0.0258. The summed E-state index contributed by atoms with van der Waals surface area (Å²) >= 11 is 0. The van der Waals surface area contributed by atoms with Crippen LogP contribution in [-0.2, 0) is 16.1 Å². The van der Waals surface area contributed by atoms with E-state index >= 15 is 0 Å². The van der Waals surface area contributed by atoms with Gasteiger partial charge in [0.15, 0.2) is 0 Å². The fraction of sp³-hybridized carbons (Fsp3) is 0.538. The average Bonchev–Trinajstić information content (AvgIpc) is 2.85. The van der Waals surface area contributed by atoms with Crippen molar-refractivity contribution in [2.75, 3.05) is 6.54 Å². The number of pyridine rings is 1. The third-order valence-corrected chi connectivity index (χ3v) is 3.05. The van der Waals surface area contributed by atoms with Crippen LogP contribution in [0, 0.1) is 6.92 Å². The van der Waals surface area contributed by atoms with Crippen molar-refractivity contribution in [3.63, 3.8) is 0 Å². The Labute approximate surface area is 107 Å². The molecule has 0 aliphatic carbocycles. The summed E-state index contributed by atoms with van der Waals surface area (Å²) in [4.78, 5) is 16.2. The van der Waals surface area contributed by atoms with Crippen molar-refractivity contribution in [1.82, 2.24) is 10.3 Å². The van der Waals surface area contributed by atoms with E-state index in [2.05, 4.69) is 10.3 Å². The molecule has 1 amide bonds. The van der Waals surface area contributed by atoms with Crippen molar-refractivity contribution in [2.45, 2.75) is 38.5 Å². The maximum Gasteiger partial charge on any atom is 0.249 e. The summed E-state index contributed by atoms with van der Waals surface area (Å²) in [5.74, 6) is -0.0748. The molecule has 2 rings (SSSR count). The molecule has 2 heterocycles. The van der Waals surface area contributed by atoms with Crippen molar-refractivity contribution in [2.24, 2.45) is 5.73 Å². The molecule has 0 radical (unpaired) electrons. The van der Waals surface area contributed by atoms with Gasteiger partial charge in [-0.15, -0.1) is 0 Å². The minimum Gasteiger partial charge on any atom is -0.364 e. The summed E-state index contributed by atoms with van der Waals surface area (Å²) < 4.78 is 5.53. The van der Waals surface area contributed by atoms with Crippen molar-refractivity contribution >= 4 is 5.91 Å². The predicted molar refractivity (Wildman–Crippen MR) is 67.8 cm³/mol. The van der Waals surface area contributed by atoms with Gasteiger partial charge in [0.2, 0.25) is 5.91 Å². The van der Waals surface area contributed by atoms with Crippen LogP contribution in [-0.4, -0.2) is 29.6 Å². The van der Waals surface area contributed by atoms with E-state index in [0.29, 0.717) is 13.1 Å². The number of amides is 1. The molecule has 0 spiro atoms. The Morgan fingerprint density at radius 1 is 1.56 bits per heavy atom. The molecule has 1 aromatic rings. The van der Waals surface area contributed by atoms with Gasteiger partial charge in [0, 0.05) is 12.2 Å². The number of carbonyl (C=O) groups is 1. The highest BCUT2D eigenvalue weighted by atomic mass is 16.5. The van der Waals surface area contributed by atoms with Crippen molar-refractivity contribution in [1.29, 1.82) is 0 Å². The number of nitrogens with one attached hydrogen (secondary N) is 1. The smallest absolute Gasteiger partial charge is 0.249 e. The molecule has 1 aromatic heterocycles. The van der Waals surface area contributed by atoms with Crippen LogP contribution in [0.2, 0.25) is 0 Å². The van der Waals surface area contributed by atoms with Crippen LogP contribution in [0.5, 0.6) is 0 Å². The summed E-state index contributed by atoms with van der Waals surface area (Å²) in [6.45, 7) is 2.84. The molecule has 98 valence electrons. The lowest BCUT2D eigenvalue weighted by Crippen LogP contribution is -2.35. The zero-order chi connectivity index (χ0) is 13.0. The van der Waals surface area contributed by atoms with E-state index in [1.165, 1.54) is 0 Å². The van der Waals surface area contributed by atoms with Gasteiger partial charge in [0.1, 0.15) is 6.10 Å². The summed E-state index contributed by atoms with van der Waals surface area (Å²) in [6.07, 6.45) is 1.27. The minimum atomic E-state index is -0.358. The van der Waals surface area contributed by atoms with Crippen LogP contribution >= 0.6 is 0 Å². The molecule has 2 atom stereocenters. The Balaban J connectivity index is 1.82. The van der Waals surface area contributed by atoms with Gasteiger partial charge < -0.3 is 15.8 Å². The monoisotopic (exact) mass is 249 g/mol. The molecule has 1 aliphatic rings. The Morgan fingerprint density at radius 2 is 2.39 bits per heavy atom. The molecule has 1 aliphatic heterocycles. The van der Waals surface area contributed by atoms with Crippen LogP contribution in [0.15, 0.2) is 18.2 Å². The molecular weight excluding hydrogens is 230 g/mol. The van der Waals surface area contributed by atoms with E-state index in [1.807, 2.05) is 25.1 Å². The Morgan fingerprint density at radius 3 is 3.06 bits per heavy atom. The molecule has 2 unspecified atom stereocenters. The number of hydrogen-bond donors (Lipinski definition) is 2. The first-order chi connectivity index (χ1) is 8.69. The fourth-order valence-corrected chi connectivity index (χ4v) is 2.06. The van der Waals surface area contributed by atoms with Crippen LogP contribution < -0.4 is 11.1 Å². The molecule has 0 bridgehead atoms. The highest BCUT2D eigenvalue weighted by molar-refractivity contribution is 5.80. The second-order valence-corrected chi connectivity index (χ2v) is 4.55. The fourth-order valence-electron chi connectivity index (χ4n) is 2.06. The zero-order valence-corrected chi connectivity index (χ0v) is 10.6. The van der Waals surface area contributed by atoms with E-state index in [1.54, 1.807) is 0 Å². The number of rotatable bonds is 4. The van der Waals surface area contributed by atoms with E-state index < -0.39 is 0 Å². The SMILES string of the molecule is Cc1cccc(CNC(=O)C2CCC(CN)O2)n1. The summed E-state index contributed by atoms with van der Waals surface area (Å²) in [7, 11) is 0. The lowest BCUT2D eigenvalue weighted by Gasteiger charge is -2.12. The van der Waals surface area contributed by atoms with E-state index in [4.69, 9.17) is 10.5 Å². The van der Waals surface area contributed by atoms with Gasteiger partial charge in [-0.1, -0.05) is 6.07 Å². The van der Waals surface area contributed by atoms with E-state index in [0.717, 1.165) is 24.2 Å². The molecule has 5 heteroatoms. The largest absolute Gasteiger partial charge is 0.364 e. The highest BCUT2D eigenvalue weighted by Gasteiger charge is 2.29. The lowest BCUT2D eigenvalue weighted by atomic mass is 10.2. The van der Waals surface area contributed by atoms with E-state index in [9.17, 15) is 4.79 Å². The second-order valence-electron chi connectivity index (χ2n) is 4.55. The molecule has 3 N–H and O–H groups in total. The maximum atomic E-state index is 11.9. The molecule has 1 fully saturated rings. The van der Waals surface area contributed by atoms with Crippen LogP contribution in [0.4, 0.5) is 0 Å². The summed E-state index contributed by atoms with van der Waals surface area (Å²) in [5.41, 5.74) is 7.32. The van der Waals surface area contributed by atoms with Crippen molar-refractivity contribution in [3.8, 4) is 0 Å². The number of nitrogens with two attached hydrogens (primary N) is 1. The van der Waals surface area contributed by atoms with Gasteiger partial charge in [-0.05, 0) is 31.9 Å². The number of nitrogens with zero attached hydrogens (tertiary/aromatic N) is 1. The Bertz CT molecular complexity index is 422. The zero-order valence-electron chi connectivity index (χ0n) is 10.6. The van der Waals surface area contributed by atoms with Gasteiger partial charge in [-0.25, -0.2) is 0 Å². The molecule has 5 nitrogen and oxygen atoms in total. The predicted octanol–water partition coefficient (Wildman–Crippen LogP) is 0.513. The Hall–Kier alpha value is -1.46. The quantitative estimate of drug-likeness (QED) is 0.815. The lowest BCUT2D eigenvalue weighted by molar-refractivity contribution is -0.132. The van der Waals surface area contributed by atoms with Crippen molar-refractivity contribution in [3.05, 3.63) is 29.6 Å². The second kappa shape index (κ2) is 5.93. The molecule has 1 saturated heterocycles. The van der Waals surface area contributed by atoms with Crippen LogP contribution in [0.1, 0.15) is 24.2 Å². The third kappa shape index (κ3) is 3.27. The number of carbonyl (C=O) groups excluding carboxylic acids is 1. The maximum absolute atomic E-state index is 11.9. The molecular formula is C13H19N3O2. The summed E-state index contributed by atoms with van der Waals surface area (Å²) in [6, 6.07) is 5.75. The topological polar surface area (TPSA) is 77.2 Å². The number of aryl methyl sites for hydroxylation is 1. The third-order valence-electron chi connectivity index (χ3n) is 3.05. The molecule has 0 aromatic carbocycles. The number of aromatic nitrogens is 1. The van der Waals surface area contributed by atoms with Gasteiger partial charge in [-0.2, -0.15) is 0 Å². The van der Waals surface area contributed by atoms with Crippen molar-refractivity contribution < 1.29 is 9.53 Å². The normalized spacial score (nSPS) is 23.0.